The average molecular weight is 245 g/mol. The van der Waals surface area contributed by atoms with Crippen LogP contribution in [0.4, 0.5) is 5.95 Å². The molecule has 1 heterocycles. The summed E-state index contributed by atoms with van der Waals surface area (Å²) >= 11 is 5.77. The summed E-state index contributed by atoms with van der Waals surface area (Å²) in [5, 5.41) is 0.151. The summed E-state index contributed by atoms with van der Waals surface area (Å²) in [4.78, 5) is 14.0. The lowest BCUT2D eigenvalue weighted by atomic mass is 10.1. The minimum absolute atomic E-state index is 0.151. The minimum Gasteiger partial charge on any atom is -0.467 e. The molecule has 0 N–H and O–H groups in total. The number of halogens is 1. The molecule has 0 saturated heterocycles. The molecule has 1 aromatic heterocycles. The first kappa shape index (κ1) is 13.0. The minimum atomic E-state index is 0.151. The Morgan fingerprint density at radius 1 is 1.38 bits per heavy atom. The first-order valence-corrected chi connectivity index (χ1v) is 5.61. The van der Waals surface area contributed by atoms with Crippen LogP contribution >= 0.6 is 11.6 Å². The van der Waals surface area contributed by atoms with E-state index < -0.39 is 0 Å². The van der Waals surface area contributed by atoms with Crippen molar-refractivity contribution >= 4 is 17.5 Å². The molecule has 1 rings (SSSR count). The van der Waals surface area contributed by atoms with Crippen molar-refractivity contribution in [1.29, 1.82) is 0 Å². The van der Waals surface area contributed by atoms with Crippen molar-refractivity contribution in [1.82, 2.24) is 15.0 Å². The fraction of sp³-hybridized carbons (Fsp3) is 0.700. The summed E-state index contributed by atoms with van der Waals surface area (Å²) in [6.07, 6.45) is 1.11. The van der Waals surface area contributed by atoms with E-state index >= 15 is 0 Å². The van der Waals surface area contributed by atoms with Crippen LogP contribution in [0.1, 0.15) is 20.3 Å². The molecular weight excluding hydrogens is 228 g/mol. The molecule has 6 heteroatoms. The van der Waals surface area contributed by atoms with Gasteiger partial charge in [-0.1, -0.05) is 20.3 Å². The van der Waals surface area contributed by atoms with Crippen LogP contribution in [0.3, 0.4) is 0 Å². The summed E-state index contributed by atoms with van der Waals surface area (Å²) in [6.45, 7) is 5.20. The second-order valence-corrected chi connectivity index (χ2v) is 4.12. The van der Waals surface area contributed by atoms with Crippen molar-refractivity contribution in [2.75, 3.05) is 25.6 Å². The number of nitrogens with zero attached hydrogens (tertiary/aromatic N) is 4. The van der Waals surface area contributed by atoms with Gasteiger partial charge in [0.05, 0.1) is 7.11 Å². The van der Waals surface area contributed by atoms with E-state index in [1.165, 1.54) is 7.11 Å². The van der Waals surface area contributed by atoms with Crippen molar-refractivity contribution in [3.8, 4) is 6.01 Å². The Morgan fingerprint density at radius 3 is 2.62 bits per heavy atom. The highest BCUT2D eigenvalue weighted by molar-refractivity contribution is 6.28. The van der Waals surface area contributed by atoms with E-state index in [2.05, 4.69) is 28.8 Å². The van der Waals surface area contributed by atoms with Crippen molar-refractivity contribution in [3.63, 3.8) is 0 Å². The monoisotopic (exact) mass is 244 g/mol. The van der Waals surface area contributed by atoms with Gasteiger partial charge in [-0.05, 0) is 17.5 Å². The smallest absolute Gasteiger partial charge is 0.322 e. The van der Waals surface area contributed by atoms with Crippen LogP contribution in [0.2, 0.25) is 5.28 Å². The zero-order chi connectivity index (χ0) is 12.1. The van der Waals surface area contributed by atoms with E-state index in [0.717, 1.165) is 13.0 Å². The molecule has 0 aliphatic rings. The molecule has 1 aromatic rings. The van der Waals surface area contributed by atoms with Gasteiger partial charge < -0.3 is 9.64 Å². The van der Waals surface area contributed by atoms with E-state index in [-0.39, 0.29) is 11.3 Å². The SMILES string of the molecule is CCC(C)CN(C)c1nc(Cl)nc(OC)n1. The molecule has 0 bridgehead atoms. The van der Waals surface area contributed by atoms with Gasteiger partial charge in [0.15, 0.2) is 0 Å². The Bertz CT molecular complexity index is 348. The number of methoxy groups -OCH3 is 1. The summed E-state index contributed by atoms with van der Waals surface area (Å²) in [7, 11) is 3.43. The van der Waals surface area contributed by atoms with E-state index in [1.54, 1.807) is 0 Å². The van der Waals surface area contributed by atoms with Gasteiger partial charge in [0, 0.05) is 13.6 Å². The zero-order valence-electron chi connectivity index (χ0n) is 10.1. The molecule has 0 fully saturated rings. The van der Waals surface area contributed by atoms with Crippen molar-refractivity contribution in [3.05, 3.63) is 5.28 Å². The van der Waals surface area contributed by atoms with Gasteiger partial charge in [0.2, 0.25) is 11.2 Å². The maximum absolute atomic E-state index is 5.77. The normalized spacial score (nSPS) is 12.3. The van der Waals surface area contributed by atoms with Crippen molar-refractivity contribution < 1.29 is 4.74 Å². The van der Waals surface area contributed by atoms with Crippen LogP contribution in [-0.4, -0.2) is 35.7 Å². The molecule has 0 saturated carbocycles. The van der Waals surface area contributed by atoms with Gasteiger partial charge in [-0.25, -0.2) is 0 Å². The second kappa shape index (κ2) is 5.84. The first-order chi connectivity index (χ1) is 7.56. The summed E-state index contributed by atoms with van der Waals surface area (Å²) in [5.41, 5.74) is 0. The van der Waals surface area contributed by atoms with Crippen LogP contribution in [0.25, 0.3) is 0 Å². The zero-order valence-corrected chi connectivity index (χ0v) is 10.8. The molecule has 0 radical (unpaired) electrons. The predicted octanol–water partition coefficient (Wildman–Crippen LogP) is 2.02. The Hall–Kier alpha value is -1.10. The number of aromatic nitrogens is 3. The van der Waals surface area contributed by atoms with Gasteiger partial charge >= 0.3 is 6.01 Å². The Morgan fingerprint density at radius 2 is 2.06 bits per heavy atom. The molecule has 5 nitrogen and oxygen atoms in total. The lowest BCUT2D eigenvalue weighted by Crippen LogP contribution is -2.25. The first-order valence-electron chi connectivity index (χ1n) is 5.23. The number of hydrogen-bond acceptors (Lipinski definition) is 5. The van der Waals surface area contributed by atoms with Crippen LogP contribution < -0.4 is 9.64 Å². The third-order valence-electron chi connectivity index (χ3n) is 2.38. The Kier molecular flexibility index (Phi) is 4.73. The van der Waals surface area contributed by atoms with Gasteiger partial charge in [-0.15, -0.1) is 0 Å². The van der Waals surface area contributed by atoms with Gasteiger partial charge in [-0.2, -0.15) is 15.0 Å². The third-order valence-corrected chi connectivity index (χ3v) is 2.55. The molecule has 0 aliphatic heterocycles. The average Bonchev–Trinajstić information content (AvgIpc) is 2.27. The standard InChI is InChI=1S/C10H17ClN4O/c1-5-7(2)6-15(3)9-12-8(11)13-10(14-9)16-4/h7H,5-6H2,1-4H3. The van der Waals surface area contributed by atoms with Crippen LogP contribution in [0, 0.1) is 5.92 Å². The van der Waals surface area contributed by atoms with Crippen LogP contribution in [-0.2, 0) is 0 Å². The highest BCUT2D eigenvalue weighted by atomic mass is 35.5. The summed E-state index contributed by atoms with van der Waals surface area (Å²) in [5.74, 6) is 1.11. The van der Waals surface area contributed by atoms with Gasteiger partial charge in [-0.3, -0.25) is 0 Å². The molecule has 0 spiro atoms. The topological polar surface area (TPSA) is 51.1 Å². The Labute approximate surface area is 101 Å². The fourth-order valence-electron chi connectivity index (χ4n) is 1.26. The number of hydrogen-bond donors (Lipinski definition) is 0. The maximum atomic E-state index is 5.77. The summed E-state index contributed by atoms with van der Waals surface area (Å²) in [6, 6.07) is 0.242. The van der Waals surface area contributed by atoms with E-state index in [4.69, 9.17) is 16.3 Å². The molecule has 90 valence electrons. The lowest BCUT2D eigenvalue weighted by molar-refractivity contribution is 0.377. The molecule has 16 heavy (non-hydrogen) atoms. The maximum Gasteiger partial charge on any atom is 0.322 e. The fourth-order valence-corrected chi connectivity index (χ4v) is 1.41. The Balaban J connectivity index is 2.82. The molecule has 1 unspecified atom stereocenters. The van der Waals surface area contributed by atoms with Crippen LogP contribution in [0.15, 0.2) is 0 Å². The molecule has 1 atom stereocenters. The van der Waals surface area contributed by atoms with E-state index in [0.29, 0.717) is 11.9 Å². The second-order valence-electron chi connectivity index (χ2n) is 3.79. The van der Waals surface area contributed by atoms with Crippen molar-refractivity contribution in [2.45, 2.75) is 20.3 Å². The third kappa shape index (κ3) is 3.48. The van der Waals surface area contributed by atoms with Gasteiger partial charge in [0.1, 0.15) is 0 Å². The number of ether oxygens (including phenoxy) is 1. The van der Waals surface area contributed by atoms with E-state index in [1.807, 2.05) is 11.9 Å². The molecular formula is C10H17ClN4O. The van der Waals surface area contributed by atoms with E-state index in [9.17, 15) is 0 Å². The lowest BCUT2D eigenvalue weighted by Gasteiger charge is -2.20. The van der Waals surface area contributed by atoms with Gasteiger partial charge in [0.25, 0.3) is 0 Å². The van der Waals surface area contributed by atoms with Crippen molar-refractivity contribution in [2.24, 2.45) is 5.92 Å². The highest BCUT2D eigenvalue weighted by Crippen LogP contribution is 2.15. The molecule has 0 amide bonds. The summed E-state index contributed by atoms with van der Waals surface area (Å²) < 4.78 is 4.94. The number of rotatable bonds is 5. The molecule has 0 aromatic carbocycles. The number of anilines is 1. The largest absolute Gasteiger partial charge is 0.467 e. The predicted molar refractivity (Wildman–Crippen MR) is 64.1 cm³/mol. The van der Waals surface area contributed by atoms with Crippen LogP contribution in [0.5, 0.6) is 6.01 Å². The quantitative estimate of drug-likeness (QED) is 0.793. The highest BCUT2D eigenvalue weighted by Gasteiger charge is 2.11. The molecule has 0 aliphatic carbocycles.